The van der Waals surface area contributed by atoms with Crippen molar-refractivity contribution in [1.29, 1.82) is 0 Å². The van der Waals surface area contributed by atoms with E-state index in [1.807, 2.05) is 0 Å². The summed E-state index contributed by atoms with van der Waals surface area (Å²) in [4.78, 5) is 2.49. The average Bonchev–Trinajstić information content (AvgIpc) is 2.79. The molecule has 0 atom stereocenters. The van der Waals surface area contributed by atoms with Crippen LogP contribution in [0.5, 0.6) is 0 Å². The highest BCUT2D eigenvalue weighted by molar-refractivity contribution is 4.88. The van der Waals surface area contributed by atoms with Crippen LogP contribution in [0.4, 0.5) is 0 Å². The van der Waals surface area contributed by atoms with Gasteiger partial charge >= 0.3 is 0 Å². The van der Waals surface area contributed by atoms with Gasteiger partial charge in [-0.1, -0.05) is 12.8 Å². The van der Waals surface area contributed by atoms with Gasteiger partial charge in [-0.05, 0) is 44.7 Å². The van der Waals surface area contributed by atoms with Crippen LogP contribution in [0.25, 0.3) is 0 Å². The number of rotatable bonds is 4. The summed E-state index contributed by atoms with van der Waals surface area (Å²) in [5.41, 5.74) is 0.200. The number of piperidine rings is 1. The molecular formula is C13H25NO2. The molecule has 0 spiro atoms. The first-order chi connectivity index (χ1) is 7.78. The number of hydrogen-bond donors (Lipinski definition) is 2. The van der Waals surface area contributed by atoms with Crippen LogP contribution >= 0.6 is 0 Å². The standard InChI is InChI=1S/C13H25NO2/c15-9-12-3-7-14(8-4-12)10-13(11-16)5-1-2-6-13/h12,15-16H,1-11H2. The lowest BCUT2D eigenvalue weighted by molar-refractivity contribution is 0.0529. The topological polar surface area (TPSA) is 43.7 Å². The lowest BCUT2D eigenvalue weighted by Crippen LogP contribution is -2.43. The van der Waals surface area contributed by atoms with Gasteiger partial charge in [-0.3, -0.25) is 0 Å². The second-order valence-corrected chi connectivity index (χ2v) is 5.77. The van der Waals surface area contributed by atoms with Crippen LogP contribution < -0.4 is 0 Å². The van der Waals surface area contributed by atoms with Crippen LogP contribution in [0, 0.1) is 11.3 Å². The molecule has 3 heteroatoms. The molecule has 94 valence electrons. The van der Waals surface area contributed by atoms with Gasteiger partial charge in [0.25, 0.3) is 0 Å². The number of hydrogen-bond acceptors (Lipinski definition) is 3. The lowest BCUT2D eigenvalue weighted by atomic mass is 9.85. The Balaban J connectivity index is 1.81. The monoisotopic (exact) mass is 227 g/mol. The Kier molecular flexibility index (Phi) is 4.22. The van der Waals surface area contributed by atoms with Crippen molar-refractivity contribution in [3.05, 3.63) is 0 Å². The van der Waals surface area contributed by atoms with Crippen LogP contribution in [0.1, 0.15) is 38.5 Å². The van der Waals surface area contributed by atoms with Crippen LogP contribution in [0.15, 0.2) is 0 Å². The van der Waals surface area contributed by atoms with Gasteiger partial charge in [-0.2, -0.15) is 0 Å². The normalized spacial score (nSPS) is 27.4. The van der Waals surface area contributed by atoms with Gasteiger partial charge in [0.1, 0.15) is 0 Å². The average molecular weight is 227 g/mol. The molecule has 1 aliphatic heterocycles. The maximum absolute atomic E-state index is 9.58. The lowest BCUT2D eigenvalue weighted by Gasteiger charge is -2.37. The van der Waals surface area contributed by atoms with Crippen LogP contribution in [-0.4, -0.2) is 48.0 Å². The highest BCUT2D eigenvalue weighted by Gasteiger charge is 2.35. The minimum Gasteiger partial charge on any atom is -0.396 e. The first-order valence-electron chi connectivity index (χ1n) is 6.72. The summed E-state index contributed by atoms with van der Waals surface area (Å²) in [5, 5.41) is 18.7. The molecule has 0 unspecified atom stereocenters. The zero-order valence-electron chi connectivity index (χ0n) is 10.2. The number of nitrogens with zero attached hydrogens (tertiary/aromatic N) is 1. The molecule has 0 amide bonds. The van der Waals surface area contributed by atoms with Gasteiger partial charge in [0.15, 0.2) is 0 Å². The molecule has 2 N–H and O–H groups in total. The molecule has 3 nitrogen and oxygen atoms in total. The Morgan fingerprint density at radius 1 is 1.06 bits per heavy atom. The van der Waals surface area contributed by atoms with Gasteiger partial charge in [0, 0.05) is 25.2 Å². The molecule has 2 rings (SSSR count). The quantitative estimate of drug-likeness (QED) is 0.759. The first-order valence-corrected chi connectivity index (χ1v) is 6.72. The fraction of sp³-hybridized carbons (Fsp3) is 1.00. The Morgan fingerprint density at radius 3 is 2.19 bits per heavy atom. The van der Waals surface area contributed by atoms with E-state index in [0.29, 0.717) is 19.1 Å². The molecule has 1 saturated heterocycles. The molecule has 0 bridgehead atoms. The Hall–Kier alpha value is -0.120. The largest absolute Gasteiger partial charge is 0.396 e. The van der Waals surface area contributed by atoms with Crippen LogP contribution in [-0.2, 0) is 0 Å². The number of aliphatic hydroxyl groups is 2. The van der Waals surface area contributed by atoms with Crippen molar-refractivity contribution in [2.75, 3.05) is 32.8 Å². The Labute approximate surface area is 98.5 Å². The third kappa shape index (κ3) is 2.76. The van der Waals surface area contributed by atoms with E-state index in [-0.39, 0.29) is 5.41 Å². The van der Waals surface area contributed by atoms with E-state index in [1.165, 1.54) is 25.7 Å². The summed E-state index contributed by atoms with van der Waals surface area (Å²) in [6, 6.07) is 0. The molecule has 1 aliphatic carbocycles. The van der Waals surface area contributed by atoms with Crippen LogP contribution in [0.3, 0.4) is 0 Å². The molecule has 16 heavy (non-hydrogen) atoms. The molecule has 2 fully saturated rings. The van der Waals surface area contributed by atoms with Gasteiger partial charge in [-0.15, -0.1) is 0 Å². The zero-order valence-corrected chi connectivity index (χ0v) is 10.2. The van der Waals surface area contributed by atoms with E-state index in [2.05, 4.69) is 4.90 Å². The van der Waals surface area contributed by atoms with E-state index in [9.17, 15) is 5.11 Å². The van der Waals surface area contributed by atoms with E-state index < -0.39 is 0 Å². The van der Waals surface area contributed by atoms with E-state index in [4.69, 9.17) is 5.11 Å². The molecule has 1 heterocycles. The van der Waals surface area contributed by atoms with Crippen molar-refractivity contribution >= 4 is 0 Å². The van der Waals surface area contributed by atoms with Crippen molar-refractivity contribution in [2.24, 2.45) is 11.3 Å². The molecule has 0 radical (unpaired) electrons. The predicted octanol–water partition coefficient (Wildman–Crippen LogP) is 1.24. The Morgan fingerprint density at radius 2 is 1.69 bits per heavy atom. The summed E-state index contributed by atoms with van der Waals surface area (Å²) in [5.74, 6) is 0.518. The maximum atomic E-state index is 9.58. The van der Waals surface area contributed by atoms with Gasteiger partial charge < -0.3 is 15.1 Å². The predicted molar refractivity (Wildman–Crippen MR) is 64.2 cm³/mol. The van der Waals surface area contributed by atoms with Crippen molar-refractivity contribution < 1.29 is 10.2 Å². The maximum Gasteiger partial charge on any atom is 0.0499 e. The van der Waals surface area contributed by atoms with Crippen molar-refractivity contribution in [3.63, 3.8) is 0 Å². The first kappa shape index (κ1) is 12.3. The van der Waals surface area contributed by atoms with Crippen LogP contribution in [0.2, 0.25) is 0 Å². The molecule has 1 saturated carbocycles. The van der Waals surface area contributed by atoms with Gasteiger partial charge in [0.05, 0.1) is 0 Å². The SMILES string of the molecule is OCC1CCN(CC2(CO)CCCC2)CC1. The summed E-state index contributed by atoms with van der Waals surface area (Å²) in [7, 11) is 0. The van der Waals surface area contributed by atoms with Gasteiger partial charge in [0.2, 0.25) is 0 Å². The third-order valence-corrected chi connectivity index (χ3v) is 4.52. The second kappa shape index (κ2) is 5.48. The molecule has 0 aromatic heterocycles. The summed E-state index contributed by atoms with van der Waals surface area (Å²) in [6.45, 7) is 3.98. The molecule has 0 aromatic carbocycles. The Bertz CT molecular complexity index is 206. The van der Waals surface area contributed by atoms with Gasteiger partial charge in [-0.25, -0.2) is 0 Å². The highest BCUT2D eigenvalue weighted by atomic mass is 16.3. The van der Waals surface area contributed by atoms with Crippen molar-refractivity contribution in [3.8, 4) is 0 Å². The highest BCUT2D eigenvalue weighted by Crippen LogP contribution is 2.38. The number of likely N-dealkylation sites (tertiary alicyclic amines) is 1. The minimum atomic E-state index is 0.200. The molecule has 2 aliphatic rings. The summed E-state index contributed by atoms with van der Waals surface area (Å²) in [6.07, 6.45) is 7.21. The van der Waals surface area contributed by atoms with Crippen molar-refractivity contribution in [2.45, 2.75) is 38.5 Å². The third-order valence-electron chi connectivity index (χ3n) is 4.52. The van der Waals surface area contributed by atoms with E-state index in [1.54, 1.807) is 0 Å². The minimum absolute atomic E-state index is 0.200. The smallest absolute Gasteiger partial charge is 0.0499 e. The molecular weight excluding hydrogens is 202 g/mol. The van der Waals surface area contributed by atoms with E-state index >= 15 is 0 Å². The number of aliphatic hydroxyl groups excluding tert-OH is 2. The zero-order chi connectivity index (χ0) is 11.4. The van der Waals surface area contributed by atoms with E-state index in [0.717, 1.165) is 32.5 Å². The molecule has 0 aromatic rings. The fourth-order valence-corrected chi connectivity index (χ4v) is 3.29. The summed E-state index contributed by atoms with van der Waals surface area (Å²) < 4.78 is 0. The summed E-state index contributed by atoms with van der Waals surface area (Å²) >= 11 is 0. The fourth-order valence-electron chi connectivity index (χ4n) is 3.29. The van der Waals surface area contributed by atoms with Crippen molar-refractivity contribution in [1.82, 2.24) is 4.90 Å². The second-order valence-electron chi connectivity index (χ2n) is 5.77.